The highest BCUT2D eigenvalue weighted by Gasteiger charge is 2.38. The molecule has 504 valence electrons. The van der Waals surface area contributed by atoms with Gasteiger partial charge in [0, 0.05) is 92.9 Å². The monoisotopic (exact) mass is 1310 g/mol. The zero-order valence-corrected chi connectivity index (χ0v) is 57.1. The number of hydrogen-bond donors (Lipinski definition) is 3. The van der Waals surface area contributed by atoms with Crippen LogP contribution in [0.2, 0.25) is 0 Å². The van der Waals surface area contributed by atoms with Crippen LogP contribution in [0.1, 0.15) is 196 Å². The third-order valence-electron chi connectivity index (χ3n) is 13.0. The number of carboxylic acids is 2. The Morgan fingerprint density at radius 2 is 0.663 bits per heavy atom. The number of benzene rings is 2. The van der Waals surface area contributed by atoms with Crippen LogP contribution in [-0.4, -0.2) is 68.6 Å². The third-order valence-corrected chi connectivity index (χ3v) is 13.0. The van der Waals surface area contributed by atoms with Crippen molar-refractivity contribution in [1.82, 2.24) is 34.9 Å². The zero-order valence-electron chi connectivity index (χ0n) is 57.1. The highest BCUT2D eigenvalue weighted by Crippen LogP contribution is 2.33. The van der Waals surface area contributed by atoms with Crippen LogP contribution in [0.15, 0.2) is 175 Å². The minimum atomic E-state index is -4.86. The van der Waals surface area contributed by atoms with Crippen molar-refractivity contribution in [3.05, 3.63) is 260 Å². The summed E-state index contributed by atoms with van der Waals surface area (Å²) in [5.74, 6) is -3.00. The van der Waals surface area contributed by atoms with E-state index in [9.17, 15) is 50.3 Å². The highest BCUT2D eigenvalue weighted by molar-refractivity contribution is 5.96. The fraction of sp³-hybridized carbons (Fsp3) is 0.320. The molecular formula is C75H85F6N7O7. The predicted molar refractivity (Wildman–Crippen MR) is 361 cm³/mol. The Morgan fingerprint density at radius 3 is 0.979 bits per heavy atom. The number of ketones is 2. The van der Waals surface area contributed by atoms with Crippen molar-refractivity contribution in [2.45, 2.75) is 159 Å². The lowest BCUT2D eigenvalue weighted by Gasteiger charge is -2.24. The number of aromatic carboxylic acids is 2. The lowest BCUT2D eigenvalue weighted by Crippen LogP contribution is -2.20. The summed E-state index contributed by atoms with van der Waals surface area (Å²) in [6.45, 7) is 37.5. The number of aryl methyl sites for hydroxylation is 4. The van der Waals surface area contributed by atoms with Gasteiger partial charge in [-0.25, -0.2) is 24.5 Å². The number of halogens is 6. The Bertz CT molecular complexity index is 3740. The van der Waals surface area contributed by atoms with E-state index >= 15 is 0 Å². The van der Waals surface area contributed by atoms with Crippen molar-refractivity contribution in [1.29, 1.82) is 0 Å². The number of nitrogens with zero attached hydrogens (tertiary/aromatic N) is 6. The molecule has 7 heterocycles. The summed E-state index contributed by atoms with van der Waals surface area (Å²) >= 11 is 0. The first kappa shape index (κ1) is 79.4. The molecule has 3 N–H and O–H groups in total. The molecule has 20 heteroatoms. The summed E-state index contributed by atoms with van der Waals surface area (Å²) in [6.07, 6.45) is -9.72. The van der Waals surface area contributed by atoms with Crippen LogP contribution >= 0.6 is 0 Å². The van der Waals surface area contributed by atoms with Crippen LogP contribution in [0.3, 0.4) is 0 Å². The van der Waals surface area contributed by atoms with E-state index in [1.807, 2.05) is 62.4 Å². The van der Waals surface area contributed by atoms with Gasteiger partial charge in [0.2, 0.25) is 0 Å². The SMILES string of the molecule is CC(=O)c1cccc(C(C)=O)n1.CC(C)(C)c1cccc(C(C)(C)C)n1.Cc1cc(C(C)(C)C)nc(C(C)(C)C)c1.Cc1cc(C)nc(C)c1.FC(F)(F)c1cccc(C(F)(F)F)n1.O=C(O)c1cc(=O)cc(C(=O)O)[nH]1.c1ccc(-c2cccc(-c3ccccc3)n2)cc1. The maximum absolute atomic E-state index is 11.9. The van der Waals surface area contributed by atoms with Crippen LogP contribution in [-0.2, 0) is 34.0 Å². The van der Waals surface area contributed by atoms with Gasteiger partial charge in [-0.15, -0.1) is 0 Å². The second-order valence-corrected chi connectivity index (χ2v) is 26.1. The molecule has 0 aliphatic rings. The predicted octanol–water partition coefficient (Wildman–Crippen LogP) is 18.5. The molecule has 0 unspecified atom stereocenters. The topological polar surface area (TPSA) is 219 Å². The number of nitrogens with one attached hydrogen (secondary N) is 1. The molecular weight excluding hydrogens is 1220 g/mol. The molecule has 0 bridgehead atoms. The Morgan fingerprint density at radius 1 is 0.358 bits per heavy atom. The van der Waals surface area contributed by atoms with E-state index in [1.165, 1.54) is 47.8 Å². The van der Waals surface area contributed by atoms with Gasteiger partial charge in [-0.3, -0.25) is 29.3 Å². The van der Waals surface area contributed by atoms with Crippen molar-refractivity contribution in [2.24, 2.45) is 0 Å². The molecule has 7 aromatic heterocycles. The summed E-state index contributed by atoms with van der Waals surface area (Å²) in [4.78, 5) is 80.1. The van der Waals surface area contributed by atoms with E-state index in [4.69, 9.17) is 25.2 Å². The van der Waals surface area contributed by atoms with Crippen LogP contribution in [0.5, 0.6) is 0 Å². The van der Waals surface area contributed by atoms with Gasteiger partial charge in [-0.2, -0.15) is 26.3 Å². The fourth-order valence-corrected chi connectivity index (χ4v) is 8.07. The zero-order chi connectivity index (χ0) is 72.0. The number of alkyl halides is 6. The number of aromatic nitrogens is 7. The number of Topliss-reactive ketones (excluding diaryl/α,β-unsaturated/α-hetero) is 2. The first-order chi connectivity index (χ1) is 43.8. The van der Waals surface area contributed by atoms with Crippen LogP contribution in [0, 0.1) is 27.7 Å². The van der Waals surface area contributed by atoms with E-state index in [-0.39, 0.29) is 33.2 Å². The summed E-state index contributed by atoms with van der Waals surface area (Å²) in [5.41, 5.74) is 10.4. The molecule has 0 radical (unpaired) electrons. The minimum Gasteiger partial charge on any atom is -0.477 e. The molecule has 9 rings (SSSR count). The van der Waals surface area contributed by atoms with Gasteiger partial charge < -0.3 is 15.2 Å². The van der Waals surface area contributed by atoms with Gasteiger partial charge >= 0.3 is 24.3 Å². The van der Waals surface area contributed by atoms with Crippen molar-refractivity contribution in [3.63, 3.8) is 0 Å². The Labute approximate surface area is 552 Å². The molecule has 14 nitrogen and oxygen atoms in total. The lowest BCUT2D eigenvalue weighted by molar-refractivity contribution is -0.150. The van der Waals surface area contributed by atoms with E-state index in [0.717, 1.165) is 46.0 Å². The van der Waals surface area contributed by atoms with Crippen LogP contribution in [0.4, 0.5) is 26.3 Å². The number of carboxylic acid groups (broad SMARTS) is 2. The molecule has 0 amide bonds. The van der Waals surface area contributed by atoms with Gasteiger partial charge in [-0.1, -0.05) is 168 Å². The molecule has 0 fully saturated rings. The van der Waals surface area contributed by atoms with E-state index in [2.05, 4.69) is 190 Å². The standard InChI is InChI=1S/C17H13N.C14H23N.C13H21N.C9H9NO2.C8H11N.C7H3F6N.C7H5NO5/c1-3-8-14(9-4-1)16-12-7-13-17(18-16)15-10-5-2-6-11-15;1-10-8-11(13(2,3)4)15-12(9-10)14(5,6)7;1-12(2,3)10-8-7-9-11(14-10)13(4,5)6;1-6(11)8-4-3-5-9(10-8)7(2)12;1-6-4-7(2)9-8(3)5-6;8-6(9,10)4-2-1-3-5(14-4)7(11,12)13;9-3-1-4(6(10)11)8-5(2-3)7(12)13/h1-13H;8-9H,1-7H3;7-9H,1-6H3;3-5H,1-2H3;4-5H,1-3H3;1-3H;1-2H,(H,8,9)(H,10,11)(H,12,13). The third kappa shape index (κ3) is 28.1. The van der Waals surface area contributed by atoms with Gasteiger partial charge in [0.1, 0.15) is 34.2 Å². The summed E-state index contributed by atoms with van der Waals surface area (Å²) in [5, 5.41) is 16.9. The van der Waals surface area contributed by atoms with E-state index in [0.29, 0.717) is 29.6 Å². The smallest absolute Gasteiger partial charge is 0.433 e. The van der Waals surface area contributed by atoms with Gasteiger partial charge in [0.25, 0.3) is 0 Å². The summed E-state index contributed by atoms with van der Waals surface area (Å²) in [7, 11) is 0. The number of rotatable bonds is 6. The molecule has 9 aromatic rings. The van der Waals surface area contributed by atoms with Gasteiger partial charge in [0.05, 0.1) is 11.4 Å². The number of carbonyl (C=O) groups excluding carboxylic acids is 2. The van der Waals surface area contributed by atoms with Crippen LogP contribution in [0.25, 0.3) is 22.5 Å². The number of carbonyl (C=O) groups is 4. The molecule has 0 spiro atoms. The average Bonchev–Trinajstić information content (AvgIpc) is 0.845. The van der Waals surface area contributed by atoms with Crippen molar-refractivity contribution >= 4 is 23.5 Å². The molecule has 2 aromatic carbocycles. The first-order valence-electron chi connectivity index (χ1n) is 30.0. The van der Waals surface area contributed by atoms with E-state index < -0.39 is 52.5 Å². The normalized spacial score (nSPS) is 11.2. The minimum absolute atomic E-state index is 0.127. The highest BCUT2D eigenvalue weighted by atomic mass is 19.4. The molecule has 95 heavy (non-hydrogen) atoms. The molecule has 0 aliphatic carbocycles. The Hall–Kier alpha value is -9.85. The van der Waals surface area contributed by atoms with Crippen molar-refractivity contribution < 1.29 is 55.7 Å². The van der Waals surface area contributed by atoms with Gasteiger partial charge in [-0.05, 0) is 112 Å². The lowest BCUT2D eigenvalue weighted by atomic mass is 9.87. The Balaban J connectivity index is 0.000000291. The number of aromatic amines is 1. The maximum atomic E-state index is 11.9. The molecule has 0 atom stereocenters. The quantitative estimate of drug-likeness (QED) is 0.104. The average molecular weight is 1310 g/mol. The van der Waals surface area contributed by atoms with Crippen molar-refractivity contribution in [2.75, 3.05) is 0 Å². The fourth-order valence-electron chi connectivity index (χ4n) is 8.07. The maximum Gasteiger partial charge on any atom is 0.433 e. The summed E-state index contributed by atoms with van der Waals surface area (Å²) in [6, 6.07) is 49.6. The van der Waals surface area contributed by atoms with Crippen molar-refractivity contribution in [3.8, 4) is 22.5 Å². The second kappa shape index (κ2) is 34.3. The van der Waals surface area contributed by atoms with Gasteiger partial charge in [0.15, 0.2) is 17.0 Å². The Kier molecular flexibility index (Phi) is 28.7. The molecule has 0 saturated carbocycles. The van der Waals surface area contributed by atoms with Crippen LogP contribution < -0.4 is 5.43 Å². The second-order valence-electron chi connectivity index (χ2n) is 26.1. The van der Waals surface area contributed by atoms with E-state index in [1.54, 1.807) is 18.2 Å². The molecule has 0 aliphatic heterocycles. The number of hydrogen-bond acceptors (Lipinski definition) is 11. The largest absolute Gasteiger partial charge is 0.477 e. The number of H-pyrrole nitrogens is 1. The summed E-state index contributed by atoms with van der Waals surface area (Å²) < 4.78 is 71.6. The number of pyridine rings is 7. The molecule has 0 saturated heterocycles. The first-order valence-corrected chi connectivity index (χ1v) is 30.0.